The average molecular weight is 269 g/mol. The maximum absolute atomic E-state index is 11.8. The summed E-state index contributed by atoms with van der Waals surface area (Å²) in [6.45, 7) is 2.11. The fraction of sp³-hybridized carbons (Fsp3) is 0.200. The van der Waals surface area contributed by atoms with Gasteiger partial charge < -0.3 is 9.73 Å². The molecule has 1 atom stereocenters. The molecule has 2 aromatic rings. The highest BCUT2D eigenvalue weighted by Gasteiger charge is 2.09. The number of carbonyl (C=O) groups is 1. The Morgan fingerprint density at radius 2 is 2.10 bits per heavy atom. The molecule has 0 saturated heterocycles. The molecule has 2 N–H and O–H groups in total. The topological polar surface area (TPSA) is 78.1 Å². The van der Waals surface area contributed by atoms with Gasteiger partial charge in [0, 0.05) is 5.69 Å². The molecule has 102 valence electrons. The minimum absolute atomic E-state index is 0.0308. The van der Waals surface area contributed by atoms with Crippen LogP contribution in [-0.2, 0) is 4.79 Å². The van der Waals surface area contributed by atoms with Crippen molar-refractivity contribution in [2.24, 2.45) is 0 Å². The molecule has 0 bridgehead atoms. The van der Waals surface area contributed by atoms with Crippen LogP contribution in [0, 0.1) is 11.3 Å². The molecule has 1 aromatic carbocycles. The summed E-state index contributed by atoms with van der Waals surface area (Å²) < 4.78 is 5.25. The number of nitriles is 1. The van der Waals surface area contributed by atoms with Gasteiger partial charge in [0.05, 0.1) is 30.5 Å². The monoisotopic (exact) mass is 269 g/mol. The standard InChI is InChI=1S/C15H15N3O2/c1-11(14-3-2-8-20-14)17-10-15(19)18-13-6-4-12(9-16)5-7-13/h2-8,11,17H,10H2,1H3,(H,18,19)/t11-/m1/s1. The molecule has 0 unspecified atom stereocenters. The van der Waals surface area contributed by atoms with E-state index in [4.69, 9.17) is 9.68 Å². The van der Waals surface area contributed by atoms with Gasteiger partial charge in [-0.1, -0.05) is 0 Å². The fourth-order valence-electron chi connectivity index (χ4n) is 1.72. The van der Waals surface area contributed by atoms with Crippen molar-refractivity contribution < 1.29 is 9.21 Å². The molecule has 0 aliphatic rings. The third-order valence-corrected chi connectivity index (χ3v) is 2.84. The molecule has 0 saturated carbocycles. The molecule has 0 aliphatic heterocycles. The number of hydrogen-bond acceptors (Lipinski definition) is 4. The first-order valence-electron chi connectivity index (χ1n) is 6.26. The smallest absolute Gasteiger partial charge is 0.238 e. The molecule has 1 aromatic heterocycles. The second kappa shape index (κ2) is 6.55. The Bertz CT molecular complexity index is 597. The molecule has 1 heterocycles. The van der Waals surface area contributed by atoms with Crippen LogP contribution in [0.2, 0.25) is 0 Å². The highest BCUT2D eigenvalue weighted by atomic mass is 16.3. The third-order valence-electron chi connectivity index (χ3n) is 2.84. The molecular formula is C15H15N3O2. The summed E-state index contributed by atoms with van der Waals surface area (Å²) in [6.07, 6.45) is 1.60. The van der Waals surface area contributed by atoms with Crippen LogP contribution in [0.1, 0.15) is 24.3 Å². The second-order valence-corrected chi connectivity index (χ2v) is 4.36. The highest BCUT2D eigenvalue weighted by Crippen LogP contribution is 2.12. The normalized spacial score (nSPS) is 11.6. The van der Waals surface area contributed by atoms with E-state index in [1.54, 1.807) is 30.5 Å². The van der Waals surface area contributed by atoms with Gasteiger partial charge in [-0.2, -0.15) is 5.26 Å². The summed E-state index contributed by atoms with van der Waals surface area (Å²) in [5.74, 6) is 0.643. The quantitative estimate of drug-likeness (QED) is 0.873. The summed E-state index contributed by atoms with van der Waals surface area (Å²) in [5, 5.41) is 14.5. The van der Waals surface area contributed by atoms with E-state index in [1.165, 1.54) is 0 Å². The number of benzene rings is 1. The van der Waals surface area contributed by atoms with Crippen molar-refractivity contribution >= 4 is 11.6 Å². The Morgan fingerprint density at radius 1 is 1.35 bits per heavy atom. The SMILES string of the molecule is C[C@@H](NCC(=O)Nc1ccc(C#N)cc1)c1ccco1. The van der Waals surface area contributed by atoms with E-state index in [0.717, 1.165) is 5.76 Å². The average Bonchev–Trinajstić information content (AvgIpc) is 3.00. The summed E-state index contributed by atoms with van der Waals surface area (Å²) in [7, 11) is 0. The van der Waals surface area contributed by atoms with E-state index in [-0.39, 0.29) is 18.5 Å². The van der Waals surface area contributed by atoms with Gasteiger partial charge in [-0.3, -0.25) is 10.1 Å². The first-order chi connectivity index (χ1) is 9.69. The molecule has 20 heavy (non-hydrogen) atoms. The zero-order valence-electron chi connectivity index (χ0n) is 11.1. The van der Waals surface area contributed by atoms with Crippen molar-refractivity contribution in [1.82, 2.24) is 5.32 Å². The van der Waals surface area contributed by atoms with Crippen LogP contribution >= 0.6 is 0 Å². The summed E-state index contributed by atoms with van der Waals surface area (Å²) in [5.41, 5.74) is 1.23. The van der Waals surface area contributed by atoms with E-state index in [1.807, 2.05) is 25.1 Å². The number of furan rings is 1. The summed E-state index contributed by atoms with van der Waals surface area (Å²) in [6, 6.07) is 12.4. The molecule has 0 fully saturated rings. The minimum Gasteiger partial charge on any atom is -0.468 e. The molecular weight excluding hydrogens is 254 g/mol. The first kappa shape index (κ1) is 13.8. The van der Waals surface area contributed by atoms with Gasteiger partial charge in [0.15, 0.2) is 0 Å². The van der Waals surface area contributed by atoms with E-state index >= 15 is 0 Å². The molecule has 0 spiro atoms. The number of nitrogens with one attached hydrogen (secondary N) is 2. The van der Waals surface area contributed by atoms with Crippen LogP contribution in [0.15, 0.2) is 47.1 Å². The van der Waals surface area contributed by atoms with Crippen LogP contribution in [0.3, 0.4) is 0 Å². The van der Waals surface area contributed by atoms with Crippen molar-refractivity contribution in [3.63, 3.8) is 0 Å². The fourth-order valence-corrected chi connectivity index (χ4v) is 1.72. The number of amides is 1. The molecule has 5 nitrogen and oxygen atoms in total. The van der Waals surface area contributed by atoms with Crippen molar-refractivity contribution in [2.75, 3.05) is 11.9 Å². The van der Waals surface area contributed by atoms with Crippen LogP contribution in [0.5, 0.6) is 0 Å². The molecule has 5 heteroatoms. The molecule has 2 rings (SSSR count). The second-order valence-electron chi connectivity index (χ2n) is 4.36. The number of rotatable bonds is 5. The zero-order chi connectivity index (χ0) is 14.4. The summed E-state index contributed by atoms with van der Waals surface area (Å²) >= 11 is 0. The Morgan fingerprint density at radius 3 is 2.70 bits per heavy atom. The van der Waals surface area contributed by atoms with Gasteiger partial charge in [-0.15, -0.1) is 0 Å². The Hall–Kier alpha value is -2.58. The number of carbonyl (C=O) groups excluding carboxylic acids is 1. The van der Waals surface area contributed by atoms with Gasteiger partial charge in [0.1, 0.15) is 5.76 Å². The predicted octanol–water partition coefficient (Wildman–Crippen LogP) is 2.44. The van der Waals surface area contributed by atoms with Crippen LogP contribution < -0.4 is 10.6 Å². The lowest BCUT2D eigenvalue weighted by atomic mass is 10.2. The van der Waals surface area contributed by atoms with Crippen LogP contribution in [0.4, 0.5) is 5.69 Å². The highest BCUT2D eigenvalue weighted by molar-refractivity contribution is 5.92. The van der Waals surface area contributed by atoms with Gasteiger partial charge in [0.25, 0.3) is 0 Å². The van der Waals surface area contributed by atoms with E-state index in [2.05, 4.69) is 10.6 Å². The lowest BCUT2D eigenvalue weighted by molar-refractivity contribution is -0.115. The Labute approximate surface area is 117 Å². The number of anilines is 1. The molecule has 0 aliphatic carbocycles. The third kappa shape index (κ3) is 3.70. The lowest BCUT2D eigenvalue weighted by Gasteiger charge is -2.11. The maximum atomic E-state index is 11.8. The van der Waals surface area contributed by atoms with E-state index in [9.17, 15) is 4.79 Å². The molecule has 1 amide bonds. The van der Waals surface area contributed by atoms with Crippen LogP contribution in [-0.4, -0.2) is 12.5 Å². The van der Waals surface area contributed by atoms with Crippen LogP contribution in [0.25, 0.3) is 0 Å². The number of hydrogen-bond donors (Lipinski definition) is 2. The Kier molecular flexibility index (Phi) is 4.53. The van der Waals surface area contributed by atoms with Gasteiger partial charge in [-0.05, 0) is 43.3 Å². The van der Waals surface area contributed by atoms with Crippen molar-refractivity contribution in [3.05, 3.63) is 54.0 Å². The molecule has 0 radical (unpaired) electrons. The van der Waals surface area contributed by atoms with Gasteiger partial charge in [0.2, 0.25) is 5.91 Å². The largest absolute Gasteiger partial charge is 0.468 e. The minimum atomic E-state index is -0.145. The maximum Gasteiger partial charge on any atom is 0.238 e. The Balaban J connectivity index is 1.82. The van der Waals surface area contributed by atoms with Crippen molar-refractivity contribution in [2.45, 2.75) is 13.0 Å². The number of nitrogens with zero attached hydrogens (tertiary/aromatic N) is 1. The van der Waals surface area contributed by atoms with Gasteiger partial charge >= 0.3 is 0 Å². The van der Waals surface area contributed by atoms with E-state index < -0.39 is 0 Å². The lowest BCUT2D eigenvalue weighted by Crippen LogP contribution is -2.29. The summed E-state index contributed by atoms with van der Waals surface area (Å²) in [4.78, 5) is 11.8. The predicted molar refractivity (Wildman–Crippen MR) is 74.9 cm³/mol. The van der Waals surface area contributed by atoms with Crippen molar-refractivity contribution in [3.8, 4) is 6.07 Å². The van der Waals surface area contributed by atoms with Crippen molar-refractivity contribution in [1.29, 1.82) is 5.26 Å². The zero-order valence-corrected chi connectivity index (χ0v) is 11.1. The van der Waals surface area contributed by atoms with E-state index in [0.29, 0.717) is 11.3 Å². The van der Waals surface area contributed by atoms with Gasteiger partial charge in [-0.25, -0.2) is 0 Å². The first-order valence-corrected chi connectivity index (χ1v) is 6.26.